The van der Waals surface area contributed by atoms with E-state index in [1.54, 1.807) is 6.20 Å². The van der Waals surface area contributed by atoms with Gasteiger partial charge in [0.1, 0.15) is 11.4 Å². The molecule has 1 aromatic carbocycles. The lowest BCUT2D eigenvalue weighted by Gasteiger charge is -2.28. The fourth-order valence-electron chi connectivity index (χ4n) is 4.27. The molecule has 0 saturated heterocycles. The molecule has 7 nitrogen and oxygen atoms in total. The molecule has 0 bridgehead atoms. The minimum Gasteiger partial charge on any atom is -0.442 e. The summed E-state index contributed by atoms with van der Waals surface area (Å²) in [6.45, 7) is 0. The lowest BCUT2D eigenvalue weighted by atomic mass is 9.92. The molecule has 0 spiro atoms. The molecule has 162 valence electrons. The number of amides is 1. The second kappa shape index (κ2) is 8.88. The summed E-state index contributed by atoms with van der Waals surface area (Å²) in [6.07, 6.45) is 8.45. The standard InChI is InChI=1S/C25H24N4O3/c30-23-8-4-3-7-20(23)29-25(31)22-12-17(18-5-1-2-6-19(18)28-22)11-16-9-10-21(27-13-16)24-14-26-15-32-24/h1-2,5-6,9-10,12-15,20,23,30H,3-4,7-8,11H2,(H,29,31)/t20-,23-/m0/s1. The molecule has 1 fully saturated rings. The van der Waals surface area contributed by atoms with Gasteiger partial charge < -0.3 is 14.8 Å². The van der Waals surface area contributed by atoms with Crippen molar-refractivity contribution in [3.63, 3.8) is 0 Å². The predicted octanol–water partition coefficient (Wildman–Crippen LogP) is 3.91. The molecular formula is C25H24N4O3. The molecule has 0 radical (unpaired) electrons. The highest BCUT2D eigenvalue weighted by atomic mass is 16.3. The van der Waals surface area contributed by atoms with Crippen molar-refractivity contribution in [1.29, 1.82) is 0 Å². The topological polar surface area (TPSA) is 101 Å². The number of nitrogens with zero attached hydrogens (tertiary/aromatic N) is 3. The molecule has 3 heterocycles. The Labute approximate surface area is 185 Å². The van der Waals surface area contributed by atoms with Gasteiger partial charge in [-0.1, -0.05) is 37.1 Å². The molecule has 0 unspecified atom stereocenters. The Kier molecular flexibility index (Phi) is 5.64. The van der Waals surface area contributed by atoms with E-state index in [1.807, 2.05) is 48.7 Å². The first-order valence-electron chi connectivity index (χ1n) is 10.9. The van der Waals surface area contributed by atoms with Gasteiger partial charge in [-0.3, -0.25) is 9.78 Å². The summed E-state index contributed by atoms with van der Waals surface area (Å²) in [6, 6.07) is 13.3. The summed E-state index contributed by atoms with van der Waals surface area (Å²) in [5.41, 5.74) is 3.86. The molecule has 5 rings (SSSR count). The molecule has 2 N–H and O–H groups in total. The zero-order chi connectivity index (χ0) is 21.9. The summed E-state index contributed by atoms with van der Waals surface area (Å²) in [5, 5.41) is 14.2. The minimum atomic E-state index is -0.499. The number of aliphatic hydroxyl groups excluding tert-OH is 1. The van der Waals surface area contributed by atoms with Crippen molar-refractivity contribution in [1.82, 2.24) is 20.3 Å². The zero-order valence-corrected chi connectivity index (χ0v) is 17.6. The van der Waals surface area contributed by atoms with Gasteiger partial charge in [0.25, 0.3) is 5.91 Å². The van der Waals surface area contributed by atoms with Crippen LogP contribution in [0.5, 0.6) is 0 Å². The molecule has 1 aliphatic rings. The van der Waals surface area contributed by atoms with E-state index in [0.29, 0.717) is 17.9 Å². The van der Waals surface area contributed by atoms with Crippen LogP contribution in [-0.2, 0) is 6.42 Å². The summed E-state index contributed by atoms with van der Waals surface area (Å²) in [7, 11) is 0. The van der Waals surface area contributed by atoms with Gasteiger partial charge in [-0.15, -0.1) is 0 Å². The van der Waals surface area contributed by atoms with Crippen molar-refractivity contribution in [3.8, 4) is 11.5 Å². The van der Waals surface area contributed by atoms with Gasteiger partial charge in [0, 0.05) is 11.6 Å². The molecule has 1 aliphatic carbocycles. The average Bonchev–Trinajstić information content (AvgIpc) is 3.36. The van der Waals surface area contributed by atoms with Crippen molar-refractivity contribution in [2.75, 3.05) is 0 Å². The number of para-hydroxylation sites is 1. The van der Waals surface area contributed by atoms with E-state index in [1.165, 1.54) is 6.39 Å². The van der Waals surface area contributed by atoms with Crippen LogP contribution in [0.25, 0.3) is 22.4 Å². The molecule has 1 amide bonds. The van der Waals surface area contributed by atoms with Gasteiger partial charge in [0.05, 0.1) is 23.9 Å². The number of oxazole rings is 1. The molecule has 7 heteroatoms. The van der Waals surface area contributed by atoms with Gasteiger partial charge >= 0.3 is 0 Å². The largest absolute Gasteiger partial charge is 0.442 e. The van der Waals surface area contributed by atoms with Crippen molar-refractivity contribution >= 4 is 16.8 Å². The first kappa shape index (κ1) is 20.3. The molecular weight excluding hydrogens is 404 g/mol. The van der Waals surface area contributed by atoms with Gasteiger partial charge in [-0.2, -0.15) is 0 Å². The summed E-state index contributed by atoms with van der Waals surface area (Å²) >= 11 is 0. The number of rotatable bonds is 5. The first-order chi connectivity index (χ1) is 15.7. The highest BCUT2D eigenvalue weighted by Crippen LogP contribution is 2.24. The molecule has 4 aromatic rings. The maximum absolute atomic E-state index is 13.0. The number of aliphatic hydroxyl groups is 1. The molecule has 3 aromatic heterocycles. The minimum absolute atomic E-state index is 0.221. The maximum atomic E-state index is 13.0. The van der Waals surface area contributed by atoms with E-state index >= 15 is 0 Å². The number of fused-ring (bicyclic) bond motifs is 1. The number of aromatic nitrogens is 3. The number of carbonyl (C=O) groups is 1. The normalized spacial score (nSPS) is 18.5. The lowest BCUT2D eigenvalue weighted by molar-refractivity contribution is 0.0714. The number of hydrogen-bond donors (Lipinski definition) is 2. The number of benzene rings is 1. The van der Waals surface area contributed by atoms with Crippen LogP contribution in [0.2, 0.25) is 0 Å². The third kappa shape index (κ3) is 4.24. The van der Waals surface area contributed by atoms with Crippen LogP contribution in [0, 0.1) is 0 Å². The number of hydrogen-bond acceptors (Lipinski definition) is 6. The second-order valence-corrected chi connectivity index (χ2v) is 8.21. The average molecular weight is 428 g/mol. The second-order valence-electron chi connectivity index (χ2n) is 8.21. The van der Waals surface area contributed by atoms with Gasteiger partial charge in [0.2, 0.25) is 0 Å². The Morgan fingerprint density at radius 2 is 2.00 bits per heavy atom. The van der Waals surface area contributed by atoms with Crippen molar-refractivity contribution in [3.05, 3.63) is 78.1 Å². The Balaban J connectivity index is 1.42. The van der Waals surface area contributed by atoms with Crippen molar-refractivity contribution in [2.24, 2.45) is 0 Å². The molecule has 32 heavy (non-hydrogen) atoms. The van der Waals surface area contributed by atoms with Crippen molar-refractivity contribution in [2.45, 2.75) is 44.2 Å². The fraction of sp³-hybridized carbons (Fsp3) is 0.280. The van der Waals surface area contributed by atoms with E-state index in [4.69, 9.17) is 4.42 Å². The van der Waals surface area contributed by atoms with Crippen LogP contribution in [0.1, 0.15) is 47.3 Å². The molecule has 1 saturated carbocycles. The predicted molar refractivity (Wildman–Crippen MR) is 120 cm³/mol. The van der Waals surface area contributed by atoms with Crippen molar-refractivity contribution < 1.29 is 14.3 Å². The number of carbonyl (C=O) groups excluding carboxylic acids is 1. The van der Waals surface area contributed by atoms with Gasteiger partial charge in [0.15, 0.2) is 12.2 Å². The molecule has 2 atom stereocenters. The third-order valence-corrected chi connectivity index (χ3v) is 5.98. The third-order valence-electron chi connectivity index (χ3n) is 5.98. The summed E-state index contributed by atoms with van der Waals surface area (Å²) in [5.74, 6) is 0.372. The van der Waals surface area contributed by atoms with Crippen LogP contribution in [0.3, 0.4) is 0 Å². The highest BCUT2D eigenvalue weighted by Gasteiger charge is 2.25. The lowest BCUT2D eigenvalue weighted by Crippen LogP contribution is -2.45. The van der Waals surface area contributed by atoms with E-state index in [0.717, 1.165) is 53.4 Å². The fourth-order valence-corrected chi connectivity index (χ4v) is 4.27. The van der Waals surface area contributed by atoms with Crippen LogP contribution >= 0.6 is 0 Å². The monoisotopic (exact) mass is 428 g/mol. The van der Waals surface area contributed by atoms with E-state index in [2.05, 4.69) is 20.3 Å². The van der Waals surface area contributed by atoms with Crippen LogP contribution in [0.15, 0.2) is 65.7 Å². The zero-order valence-electron chi connectivity index (χ0n) is 17.6. The van der Waals surface area contributed by atoms with E-state index < -0.39 is 6.10 Å². The van der Waals surface area contributed by atoms with Crippen LogP contribution in [-0.4, -0.2) is 38.1 Å². The highest BCUT2D eigenvalue weighted by molar-refractivity contribution is 5.96. The Morgan fingerprint density at radius 1 is 1.12 bits per heavy atom. The van der Waals surface area contributed by atoms with Crippen LogP contribution < -0.4 is 5.32 Å². The number of nitrogens with one attached hydrogen (secondary N) is 1. The van der Waals surface area contributed by atoms with E-state index in [9.17, 15) is 9.90 Å². The molecule has 0 aliphatic heterocycles. The quantitative estimate of drug-likeness (QED) is 0.500. The Hall–Kier alpha value is -3.58. The SMILES string of the molecule is O=C(N[C@H]1CCCC[C@@H]1O)c1cc(Cc2ccc(-c3cnco3)nc2)c2ccccc2n1. The maximum Gasteiger partial charge on any atom is 0.270 e. The van der Waals surface area contributed by atoms with E-state index in [-0.39, 0.29) is 11.9 Å². The van der Waals surface area contributed by atoms with Gasteiger partial charge in [-0.25, -0.2) is 9.97 Å². The first-order valence-corrected chi connectivity index (χ1v) is 10.9. The van der Waals surface area contributed by atoms with Crippen LogP contribution in [0.4, 0.5) is 0 Å². The Bertz CT molecular complexity index is 1220. The Morgan fingerprint density at radius 3 is 2.78 bits per heavy atom. The summed E-state index contributed by atoms with van der Waals surface area (Å²) < 4.78 is 5.30. The van der Waals surface area contributed by atoms with Gasteiger partial charge in [-0.05, 0) is 48.6 Å². The smallest absolute Gasteiger partial charge is 0.270 e. The summed E-state index contributed by atoms with van der Waals surface area (Å²) in [4.78, 5) is 26.0. The number of pyridine rings is 2.